The van der Waals surface area contributed by atoms with Gasteiger partial charge in [-0.2, -0.15) is 0 Å². The zero-order chi connectivity index (χ0) is 15.7. The molecule has 0 saturated carbocycles. The minimum absolute atomic E-state index is 0.328. The van der Waals surface area contributed by atoms with Gasteiger partial charge < -0.3 is 5.11 Å². The lowest BCUT2D eigenvalue weighted by Crippen LogP contribution is -1.91. The highest BCUT2D eigenvalue weighted by Crippen LogP contribution is 2.26. The van der Waals surface area contributed by atoms with Gasteiger partial charge in [-0.1, -0.05) is 0 Å². The lowest BCUT2D eigenvalue weighted by molar-refractivity contribution is -0.131. The van der Waals surface area contributed by atoms with Crippen LogP contribution in [0.25, 0.3) is 23.0 Å². The van der Waals surface area contributed by atoms with Gasteiger partial charge in [0.05, 0.1) is 11.4 Å². The molecule has 22 heavy (non-hydrogen) atoms. The van der Waals surface area contributed by atoms with E-state index in [1.54, 1.807) is 12.1 Å². The maximum absolute atomic E-state index is 13.1. The Morgan fingerprint density at radius 3 is 2.68 bits per heavy atom. The van der Waals surface area contributed by atoms with Crippen LogP contribution in [0, 0.1) is 12.7 Å². The SMILES string of the molecule is Cc1ccn2c(C=CC(=O)O)c(-c3ccc(F)cc3)nc2c1. The number of halogens is 1. The Bertz CT molecular complexity index is 880. The third-order valence-electron chi connectivity index (χ3n) is 3.32. The molecule has 5 heteroatoms. The van der Waals surface area contributed by atoms with Crippen molar-refractivity contribution in [1.29, 1.82) is 0 Å². The summed E-state index contributed by atoms with van der Waals surface area (Å²) in [5.74, 6) is -1.36. The Labute approximate surface area is 126 Å². The van der Waals surface area contributed by atoms with E-state index in [-0.39, 0.29) is 5.82 Å². The zero-order valence-electron chi connectivity index (χ0n) is 11.8. The number of fused-ring (bicyclic) bond motifs is 1. The molecule has 1 aromatic carbocycles. The molecule has 1 N–H and O–H groups in total. The van der Waals surface area contributed by atoms with E-state index in [4.69, 9.17) is 5.11 Å². The van der Waals surface area contributed by atoms with Gasteiger partial charge >= 0.3 is 5.97 Å². The van der Waals surface area contributed by atoms with Crippen LogP contribution < -0.4 is 0 Å². The quantitative estimate of drug-likeness (QED) is 0.752. The summed E-state index contributed by atoms with van der Waals surface area (Å²) in [7, 11) is 0. The minimum atomic E-state index is -1.04. The van der Waals surface area contributed by atoms with Crippen LogP contribution in [0.2, 0.25) is 0 Å². The fraction of sp³-hybridized carbons (Fsp3) is 0.0588. The highest BCUT2D eigenvalue weighted by molar-refractivity contribution is 5.87. The molecule has 0 aliphatic carbocycles. The molecule has 0 aliphatic rings. The van der Waals surface area contributed by atoms with E-state index in [0.29, 0.717) is 17.0 Å². The second-order valence-corrected chi connectivity index (χ2v) is 4.96. The van der Waals surface area contributed by atoms with Gasteiger partial charge in [0, 0.05) is 17.8 Å². The molecule has 0 unspecified atom stereocenters. The Morgan fingerprint density at radius 2 is 2.00 bits per heavy atom. The van der Waals surface area contributed by atoms with Gasteiger partial charge in [0.25, 0.3) is 0 Å². The van der Waals surface area contributed by atoms with E-state index in [0.717, 1.165) is 17.2 Å². The van der Waals surface area contributed by atoms with Crippen LogP contribution in [0.1, 0.15) is 11.3 Å². The van der Waals surface area contributed by atoms with E-state index in [9.17, 15) is 9.18 Å². The predicted molar refractivity (Wildman–Crippen MR) is 82.0 cm³/mol. The molecule has 4 nitrogen and oxygen atoms in total. The maximum Gasteiger partial charge on any atom is 0.328 e. The number of benzene rings is 1. The van der Waals surface area contributed by atoms with Gasteiger partial charge in [-0.05, 0) is 55.0 Å². The Hall–Kier alpha value is -2.95. The van der Waals surface area contributed by atoms with Gasteiger partial charge in [-0.3, -0.25) is 4.40 Å². The topological polar surface area (TPSA) is 54.6 Å². The summed E-state index contributed by atoms with van der Waals surface area (Å²) in [5, 5.41) is 8.86. The minimum Gasteiger partial charge on any atom is -0.478 e. The number of aryl methyl sites for hydroxylation is 1. The number of nitrogens with zero attached hydrogens (tertiary/aromatic N) is 2. The molecule has 2 aromatic heterocycles. The van der Waals surface area contributed by atoms with E-state index >= 15 is 0 Å². The second kappa shape index (κ2) is 5.44. The first-order valence-electron chi connectivity index (χ1n) is 6.70. The zero-order valence-corrected chi connectivity index (χ0v) is 11.8. The highest BCUT2D eigenvalue weighted by atomic mass is 19.1. The monoisotopic (exact) mass is 296 g/mol. The summed E-state index contributed by atoms with van der Waals surface area (Å²) in [4.78, 5) is 15.4. The van der Waals surface area contributed by atoms with Crippen LogP contribution >= 0.6 is 0 Å². The standard InChI is InChI=1S/C17H13FN2O2/c1-11-8-9-20-14(6-7-16(21)22)17(19-15(20)10-11)12-2-4-13(18)5-3-12/h2-10H,1H3,(H,21,22). The molecule has 0 bridgehead atoms. The summed E-state index contributed by atoms with van der Waals surface area (Å²) < 4.78 is 14.9. The molecule has 2 heterocycles. The van der Waals surface area contributed by atoms with Gasteiger partial charge in [0.1, 0.15) is 11.5 Å². The number of carboxylic acid groups (broad SMARTS) is 1. The molecular weight excluding hydrogens is 283 g/mol. The van der Waals surface area contributed by atoms with Crippen LogP contribution in [0.5, 0.6) is 0 Å². The highest BCUT2D eigenvalue weighted by Gasteiger charge is 2.12. The Kier molecular flexibility index (Phi) is 3.47. The van der Waals surface area contributed by atoms with E-state index in [2.05, 4.69) is 4.98 Å². The molecule has 0 amide bonds. The van der Waals surface area contributed by atoms with Gasteiger partial charge in [0.2, 0.25) is 0 Å². The van der Waals surface area contributed by atoms with Crippen molar-refractivity contribution in [2.24, 2.45) is 0 Å². The molecule has 0 radical (unpaired) electrons. The molecule has 0 atom stereocenters. The molecule has 0 fully saturated rings. The maximum atomic E-state index is 13.1. The van der Waals surface area contributed by atoms with Crippen molar-refractivity contribution in [3.05, 3.63) is 65.7 Å². The fourth-order valence-corrected chi connectivity index (χ4v) is 2.30. The van der Waals surface area contributed by atoms with Crippen LogP contribution in [0.15, 0.2) is 48.7 Å². The van der Waals surface area contributed by atoms with Crippen LogP contribution in [0.4, 0.5) is 4.39 Å². The lowest BCUT2D eigenvalue weighted by Gasteiger charge is -2.01. The number of pyridine rings is 1. The van der Waals surface area contributed by atoms with Gasteiger partial charge in [-0.15, -0.1) is 0 Å². The van der Waals surface area contributed by atoms with Crippen LogP contribution in [0.3, 0.4) is 0 Å². The van der Waals surface area contributed by atoms with E-state index in [1.807, 2.05) is 29.7 Å². The first kappa shape index (κ1) is 14.0. The van der Waals surface area contributed by atoms with Gasteiger partial charge in [0.15, 0.2) is 0 Å². The molecule has 0 aliphatic heterocycles. The Balaban J connectivity index is 2.25. The van der Waals surface area contributed by atoms with Crippen molar-refractivity contribution in [3.8, 4) is 11.3 Å². The molecule has 110 valence electrons. The smallest absolute Gasteiger partial charge is 0.328 e. The van der Waals surface area contributed by atoms with Crippen molar-refractivity contribution in [3.63, 3.8) is 0 Å². The number of hydrogen-bond donors (Lipinski definition) is 1. The van der Waals surface area contributed by atoms with Crippen molar-refractivity contribution in [2.45, 2.75) is 6.92 Å². The number of aliphatic carboxylic acids is 1. The second-order valence-electron chi connectivity index (χ2n) is 4.96. The van der Waals surface area contributed by atoms with Crippen LogP contribution in [-0.4, -0.2) is 20.5 Å². The fourth-order valence-electron chi connectivity index (χ4n) is 2.30. The first-order valence-corrected chi connectivity index (χ1v) is 6.70. The molecule has 3 aromatic rings. The van der Waals surface area contributed by atoms with Crippen molar-refractivity contribution >= 4 is 17.7 Å². The van der Waals surface area contributed by atoms with Crippen LogP contribution in [-0.2, 0) is 4.79 Å². The summed E-state index contributed by atoms with van der Waals surface area (Å²) >= 11 is 0. The van der Waals surface area contributed by atoms with Gasteiger partial charge in [-0.25, -0.2) is 14.2 Å². The summed E-state index contributed by atoms with van der Waals surface area (Å²) in [6, 6.07) is 9.79. The molecule has 3 rings (SSSR count). The number of carbonyl (C=O) groups is 1. The van der Waals surface area contributed by atoms with E-state index < -0.39 is 5.97 Å². The number of carboxylic acids is 1. The summed E-state index contributed by atoms with van der Waals surface area (Å²) in [5.41, 5.74) is 3.75. The summed E-state index contributed by atoms with van der Waals surface area (Å²) in [6.45, 7) is 1.96. The molecule has 0 saturated heterocycles. The number of rotatable bonds is 3. The molecular formula is C17H13FN2O2. The normalized spacial score (nSPS) is 11.4. The number of imidazole rings is 1. The number of aromatic nitrogens is 2. The number of hydrogen-bond acceptors (Lipinski definition) is 2. The Morgan fingerprint density at radius 1 is 1.27 bits per heavy atom. The third-order valence-corrected chi connectivity index (χ3v) is 3.32. The third kappa shape index (κ3) is 2.61. The molecule has 0 spiro atoms. The van der Waals surface area contributed by atoms with Crippen molar-refractivity contribution in [2.75, 3.05) is 0 Å². The average molecular weight is 296 g/mol. The predicted octanol–water partition coefficient (Wildman–Crippen LogP) is 3.55. The average Bonchev–Trinajstić information content (AvgIpc) is 2.83. The van der Waals surface area contributed by atoms with Crippen molar-refractivity contribution in [1.82, 2.24) is 9.38 Å². The summed E-state index contributed by atoms with van der Waals surface area (Å²) in [6.07, 6.45) is 4.40. The van der Waals surface area contributed by atoms with E-state index in [1.165, 1.54) is 18.2 Å². The largest absolute Gasteiger partial charge is 0.478 e. The van der Waals surface area contributed by atoms with Crippen molar-refractivity contribution < 1.29 is 14.3 Å². The lowest BCUT2D eigenvalue weighted by atomic mass is 10.1. The first-order chi connectivity index (χ1) is 10.5.